The second-order valence-corrected chi connectivity index (χ2v) is 5.03. The molecule has 0 unspecified atom stereocenters. The minimum Gasteiger partial charge on any atom is -0.508 e. The average molecular weight is 250 g/mol. The molecule has 1 rings (SSSR count). The number of aromatic hydroxyl groups is 1. The highest BCUT2D eigenvalue weighted by Gasteiger charge is 2.14. The van der Waals surface area contributed by atoms with Crippen molar-refractivity contribution < 1.29 is 14.7 Å². The van der Waals surface area contributed by atoms with Gasteiger partial charge in [0, 0.05) is 11.1 Å². The molecule has 0 atom stereocenters. The summed E-state index contributed by atoms with van der Waals surface area (Å²) in [4.78, 5) is 23.2. The molecule has 0 aromatic heterocycles. The van der Waals surface area contributed by atoms with Crippen molar-refractivity contribution in [1.82, 2.24) is 10.6 Å². The largest absolute Gasteiger partial charge is 0.508 e. The van der Waals surface area contributed by atoms with Crippen LogP contribution < -0.4 is 10.6 Å². The zero-order valence-electron chi connectivity index (χ0n) is 10.8. The number of hydrogen-bond donors (Lipinski definition) is 3. The number of phenols is 1. The number of carbonyl (C=O) groups is 2. The molecule has 18 heavy (non-hydrogen) atoms. The molecule has 98 valence electrons. The van der Waals surface area contributed by atoms with Crippen LogP contribution in [0.4, 0.5) is 0 Å². The zero-order chi connectivity index (χ0) is 13.8. The van der Waals surface area contributed by atoms with Crippen LogP contribution in [0.2, 0.25) is 0 Å². The van der Waals surface area contributed by atoms with E-state index in [1.807, 2.05) is 20.8 Å². The third kappa shape index (κ3) is 4.86. The lowest BCUT2D eigenvalue weighted by molar-refractivity contribution is -0.121. The SMILES string of the molecule is CC(C)(C)NC(=O)CNC(=O)c1cccc(O)c1. The predicted molar refractivity (Wildman–Crippen MR) is 68.3 cm³/mol. The van der Waals surface area contributed by atoms with Gasteiger partial charge in [-0.15, -0.1) is 0 Å². The number of rotatable bonds is 3. The monoisotopic (exact) mass is 250 g/mol. The van der Waals surface area contributed by atoms with Crippen molar-refractivity contribution in [3.63, 3.8) is 0 Å². The van der Waals surface area contributed by atoms with Crippen LogP contribution in [0.3, 0.4) is 0 Å². The Kier molecular flexibility index (Phi) is 4.31. The zero-order valence-corrected chi connectivity index (χ0v) is 10.8. The normalized spacial score (nSPS) is 10.8. The van der Waals surface area contributed by atoms with Gasteiger partial charge >= 0.3 is 0 Å². The first kappa shape index (κ1) is 14.0. The Bertz CT molecular complexity index is 450. The van der Waals surface area contributed by atoms with Gasteiger partial charge in [-0.2, -0.15) is 0 Å². The molecule has 1 aromatic carbocycles. The molecular formula is C13H18N2O3. The standard InChI is InChI=1S/C13H18N2O3/c1-13(2,3)15-11(17)8-14-12(18)9-5-4-6-10(16)7-9/h4-7,16H,8H2,1-3H3,(H,14,18)(H,15,17). The van der Waals surface area contributed by atoms with E-state index in [2.05, 4.69) is 10.6 Å². The van der Waals surface area contributed by atoms with E-state index in [1.54, 1.807) is 12.1 Å². The van der Waals surface area contributed by atoms with Crippen molar-refractivity contribution in [1.29, 1.82) is 0 Å². The van der Waals surface area contributed by atoms with Crippen LogP contribution in [-0.4, -0.2) is 29.0 Å². The quantitative estimate of drug-likeness (QED) is 0.750. The van der Waals surface area contributed by atoms with Crippen LogP contribution in [0.25, 0.3) is 0 Å². The van der Waals surface area contributed by atoms with Gasteiger partial charge in [0.1, 0.15) is 5.75 Å². The van der Waals surface area contributed by atoms with Crippen molar-refractivity contribution in [2.24, 2.45) is 0 Å². The van der Waals surface area contributed by atoms with Gasteiger partial charge in [-0.3, -0.25) is 9.59 Å². The van der Waals surface area contributed by atoms with Gasteiger partial charge in [0.25, 0.3) is 5.91 Å². The fourth-order valence-corrected chi connectivity index (χ4v) is 1.37. The summed E-state index contributed by atoms with van der Waals surface area (Å²) in [6.45, 7) is 5.50. The van der Waals surface area contributed by atoms with Crippen LogP contribution in [0, 0.1) is 0 Å². The van der Waals surface area contributed by atoms with Crippen molar-refractivity contribution >= 4 is 11.8 Å². The molecule has 3 N–H and O–H groups in total. The first-order chi connectivity index (χ1) is 8.28. The van der Waals surface area contributed by atoms with Crippen LogP contribution >= 0.6 is 0 Å². The van der Waals surface area contributed by atoms with Crippen LogP contribution in [0.5, 0.6) is 5.75 Å². The van der Waals surface area contributed by atoms with E-state index in [0.29, 0.717) is 5.56 Å². The first-order valence-electron chi connectivity index (χ1n) is 5.66. The summed E-state index contributed by atoms with van der Waals surface area (Å²) < 4.78 is 0. The van der Waals surface area contributed by atoms with Crippen LogP contribution in [-0.2, 0) is 4.79 Å². The maximum Gasteiger partial charge on any atom is 0.251 e. The molecule has 0 bridgehead atoms. The average Bonchev–Trinajstić information content (AvgIpc) is 2.23. The molecule has 0 saturated carbocycles. The molecule has 0 fully saturated rings. The highest BCUT2D eigenvalue weighted by atomic mass is 16.3. The molecule has 0 aliphatic carbocycles. The lowest BCUT2D eigenvalue weighted by atomic mass is 10.1. The van der Waals surface area contributed by atoms with Crippen molar-refractivity contribution in [2.45, 2.75) is 26.3 Å². The van der Waals surface area contributed by atoms with Crippen LogP contribution in [0.15, 0.2) is 24.3 Å². The topological polar surface area (TPSA) is 78.4 Å². The number of benzene rings is 1. The van der Waals surface area contributed by atoms with Gasteiger partial charge in [-0.05, 0) is 39.0 Å². The van der Waals surface area contributed by atoms with E-state index < -0.39 is 5.91 Å². The summed E-state index contributed by atoms with van der Waals surface area (Å²) in [5.41, 5.74) is -0.00845. The van der Waals surface area contributed by atoms with Crippen molar-refractivity contribution in [2.75, 3.05) is 6.54 Å². The number of hydrogen-bond acceptors (Lipinski definition) is 3. The lowest BCUT2D eigenvalue weighted by Gasteiger charge is -2.20. The lowest BCUT2D eigenvalue weighted by Crippen LogP contribution is -2.45. The minimum absolute atomic E-state index is 0.0155. The van der Waals surface area contributed by atoms with Gasteiger partial charge in [-0.1, -0.05) is 6.07 Å². The van der Waals surface area contributed by atoms with E-state index in [0.717, 1.165) is 0 Å². The highest BCUT2D eigenvalue weighted by molar-refractivity contribution is 5.96. The summed E-state index contributed by atoms with van der Waals surface area (Å²) in [6, 6.07) is 5.95. The highest BCUT2D eigenvalue weighted by Crippen LogP contribution is 2.10. The fourth-order valence-electron chi connectivity index (χ4n) is 1.37. The maximum atomic E-state index is 11.7. The molecule has 5 heteroatoms. The van der Waals surface area contributed by atoms with Gasteiger partial charge < -0.3 is 15.7 Å². The Morgan fingerprint density at radius 1 is 1.28 bits per heavy atom. The van der Waals surface area contributed by atoms with E-state index in [4.69, 9.17) is 0 Å². The third-order valence-electron chi connectivity index (χ3n) is 2.03. The molecule has 0 radical (unpaired) electrons. The molecule has 1 aromatic rings. The van der Waals surface area contributed by atoms with E-state index in [-0.39, 0.29) is 23.7 Å². The second kappa shape index (κ2) is 5.53. The van der Waals surface area contributed by atoms with Crippen molar-refractivity contribution in [3.8, 4) is 5.75 Å². The number of amides is 2. The Balaban J connectivity index is 2.49. The summed E-state index contributed by atoms with van der Waals surface area (Å²) in [7, 11) is 0. The molecule has 0 aliphatic rings. The maximum absolute atomic E-state index is 11.7. The summed E-state index contributed by atoms with van der Waals surface area (Å²) in [5.74, 6) is -0.632. The molecule has 0 saturated heterocycles. The first-order valence-corrected chi connectivity index (χ1v) is 5.66. The van der Waals surface area contributed by atoms with Crippen LogP contribution in [0.1, 0.15) is 31.1 Å². The molecule has 0 spiro atoms. The van der Waals surface area contributed by atoms with E-state index >= 15 is 0 Å². The number of carbonyl (C=O) groups excluding carboxylic acids is 2. The van der Waals surface area contributed by atoms with Gasteiger partial charge in [0.2, 0.25) is 5.91 Å². The Morgan fingerprint density at radius 3 is 2.50 bits per heavy atom. The minimum atomic E-state index is -0.394. The molecule has 2 amide bonds. The molecular weight excluding hydrogens is 232 g/mol. The Labute approximate surface area is 106 Å². The summed E-state index contributed by atoms with van der Waals surface area (Å²) >= 11 is 0. The fraction of sp³-hybridized carbons (Fsp3) is 0.385. The molecule has 5 nitrogen and oxygen atoms in total. The number of nitrogens with one attached hydrogen (secondary N) is 2. The van der Waals surface area contributed by atoms with Gasteiger partial charge in [-0.25, -0.2) is 0 Å². The Morgan fingerprint density at radius 2 is 1.94 bits per heavy atom. The summed E-state index contributed by atoms with van der Waals surface area (Å²) in [6.07, 6.45) is 0. The number of phenolic OH excluding ortho intramolecular Hbond substituents is 1. The predicted octanol–water partition coefficient (Wildman–Crippen LogP) is 1.04. The molecule has 0 heterocycles. The van der Waals surface area contributed by atoms with E-state index in [9.17, 15) is 14.7 Å². The molecule has 0 aliphatic heterocycles. The Hall–Kier alpha value is -2.04. The van der Waals surface area contributed by atoms with Gasteiger partial charge in [0.05, 0.1) is 6.54 Å². The van der Waals surface area contributed by atoms with Gasteiger partial charge in [0.15, 0.2) is 0 Å². The van der Waals surface area contributed by atoms with Crippen molar-refractivity contribution in [3.05, 3.63) is 29.8 Å². The third-order valence-corrected chi connectivity index (χ3v) is 2.03. The second-order valence-electron chi connectivity index (χ2n) is 5.03. The smallest absolute Gasteiger partial charge is 0.251 e. The summed E-state index contributed by atoms with van der Waals surface area (Å²) in [5, 5.41) is 14.5. The van der Waals surface area contributed by atoms with E-state index in [1.165, 1.54) is 12.1 Å².